The highest BCUT2D eigenvalue weighted by Crippen LogP contribution is 2.23. The number of nitrogens with zero attached hydrogens (tertiary/aromatic N) is 1. The van der Waals surface area contributed by atoms with Gasteiger partial charge in [0.2, 0.25) is 0 Å². The summed E-state index contributed by atoms with van der Waals surface area (Å²) in [7, 11) is 1.56. The van der Waals surface area contributed by atoms with Crippen LogP contribution in [0.4, 0.5) is 8.78 Å². The average molecular weight is 268 g/mol. The lowest BCUT2D eigenvalue weighted by atomic mass is 9.89. The van der Waals surface area contributed by atoms with E-state index in [1.807, 2.05) is 0 Å². The molecule has 104 valence electrons. The zero-order valence-corrected chi connectivity index (χ0v) is 10.9. The standard InChI is InChI=1S/C14H18F2N2O/c1-18(12-8-3-2-7-11(12)17)14(19)13-9(15)5-4-6-10(13)16/h4-6,11-12H,2-3,7-8,17H2,1H3. The number of halogens is 2. The van der Waals surface area contributed by atoms with Crippen LogP contribution in [0.15, 0.2) is 18.2 Å². The van der Waals surface area contributed by atoms with Gasteiger partial charge in [0.15, 0.2) is 0 Å². The van der Waals surface area contributed by atoms with E-state index in [1.165, 1.54) is 11.0 Å². The fourth-order valence-corrected chi connectivity index (χ4v) is 2.65. The molecule has 0 saturated heterocycles. The van der Waals surface area contributed by atoms with E-state index >= 15 is 0 Å². The lowest BCUT2D eigenvalue weighted by Gasteiger charge is -2.36. The van der Waals surface area contributed by atoms with E-state index in [2.05, 4.69) is 0 Å². The van der Waals surface area contributed by atoms with E-state index in [4.69, 9.17) is 5.73 Å². The quantitative estimate of drug-likeness (QED) is 0.894. The SMILES string of the molecule is CN(C(=O)c1c(F)cccc1F)C1CCCCC1N. The second-order valence-corrected chi connectivity index (χ2v) is 5.03. The molecule has 5 heteroatoms. The Morgan fingerprint density at radius 2 is 1.84 bits per heavy atom. The van der Waals surface area contributed by atoms with Crippen LogP contribution < -0.4 is 5.73 Å². The van der Waals surface area contributed by atoms with E-state index in [1.54, 1.807) is 7.05 Å². The van der Waals surface area contributed by atoms with Gasteiger partial charge in [0.25, 0.3) is 5.91 Å². The highest BCUT2D eigenvalue weighted by Gasteiger charge is 2.31. The summed E-state index contributed by atoms with van der Waals surface area (Å²) in [6, 6.07) is 3.14. The third-order valence-corrected chi connectivity index (χ3v) is 3.78. The number of carbonyl (C=O) groups excluding carboxylic acids is 1. The van der Waals surface area contributed by atoms with E-state index in [0.717, 1.165) is 37.8 Å². The molecule has 0 heterocycles. The van der Waals surface area contributed by atoms with Crippen LogP contribution in [0.2, 0.25) is 0 Å². The summed E-state index contributed by atoms with van der Waals surface area (Å²) in [4.78, 5) is 13.6. The van der Waals surface area contributed by atoms with E-state index < -0.39 is 23.1 Å². The van der Waals surface area contributed by atoms with Crippen LogP contribution >= 0.6 is 0 Å². The Morgan fingerprint density at radius 3 is 2.42 bits per heavy atom. The van der Waals surface area contributed by atoms with Gasteiger partial charge in [0, 0.05) is 19.1 Å². The van der Waals surface area contributed by atoms with Crippen LogP contribution in [0.25, 0.3) is 0 Å². The molecule has 0 bridgehead atoms. The molecule has 1 aliphatic rings. The Labute approximate surface area is 111 Å². The van der Waals surface area contributed by atoms with Gasteiger partial charge in [-0.05, 0) is 25.0 Å². The van der Waals surface area contributed by atoms with Gasteiger partial charge in [-0.3, -0.25) is 4.79 Å². The summed E-state index contributed by atoms with van der Waals surface area (Å²) in [6.07, 6.45) is 3.63. The maximum atomic E-state index is 13.6. The molecular weight excluding hydrogens is 250 g/mol. The van der Waals surface area contributed by atoms with Gasteiger partial charge >= 0.3 is 0 Å². The Kier molecular flexibility index (Phi) is 4.14. The minimum absolute atomic E-state index is 0.127. The summed E-state index contributed by atoms with van der Waals surface area (Å²) in [5, 5.41) is 0. The second kappa shape index (κ2) is 5.65. The van der Waals surface area contributed by atoms with Gasteiger partial charge in [-0.15, -0.1) is 0 Å². The van der Waals surface area contributed by atoms with Crippen molar-refractivity contribution >= 4 is 5.91 Å². The molecule has 0 spiro atoms. The van der Waals surface area contributed by atoms with Gasteiger partial charge < -0.3 is 10.6 Å². The molecule has 2 rings (SSSR count). The first-order valence-electron chi connectivity index (χ1n) is 6.49. The molecule has 1 aromatic rings. The van der Waals surface area contributed by atoms with Gasteiger partial charge in [0.05, 0.1) is 0 Å². The maximum absolute atomic E-state index is 13.6. The first-order chi connectivity index (χ1) is 9.02. The molecule has 2 unspecified atom stereocenters. The van der Waals surface area contributed by atoms with Crippen molar-refractivity contribution in [2.45, 2.75) is 37.8 Å². The fourth-order valence-electron chi connectivity index (χ4n) is 2.65. The van der Waals surface area contributed by atoms with Gasteiger partial charge in [-0.2, -0.15) is 0 Å². The molecule has 0 aromatic heterocycles. The van der Waals surface area contributed by atoms with Crippen molar-refractivity contribution in [2.24, 2.45) is 5.73 Å². The predicted molar refractivity (Wildman–Crippen MR) is 68.7 cm³/mol. The van der Waals surface area contributed by atoms with E-state index in [0.29, 0.717) is 0 Å². The summed E-state index contributed by atoms with van der Waals surface area (Å²) >= 11 is 0. The van der Waals surface area contributed by atoms with Crippen molar-refractivity contribution in [3.63, 3.8) is 0 Å². The topological polar surface area (TPSA) is 46.3 Å². The molecule has 1 amide bonds. The largest absolute Gasteiger partial charge is 0.337 e. The van der Waals surface area contributed by atoms with Crippen molar-refractivity contribution in [2.75, 3.05) is 7.05 Å². The minimum atomic E-state index is -0.832. The van der Waals surface area contributed by atoms with Crippen LogP contribution in [0.3, 0.4) is 0 Å². The third-order valence-electron chi connectivity index (χ3n) is 3.78. The van der Waals surface area contributed by atoms with Crippen LogP contribution in [0, 0.1) is 11.6 Å². The van der Waals surface area contributed by atoms with Crippen molar-refractivity contribution < 1.29 is 13.6 Å². The number of amides is 1. The van der Waals surface area contributed by atoms with Crippen LogP contribution in [-0.4, -0.2) is 29.9 Å². The molecule has 2 N–H and O–H groups in total. The summed E-state index contributed by atoms with van der Waals surface area (Å²) in [5.41, 5.74) is 5.49. The van der Waals surface area contributed by atoms with Crippen LogP contribution in [-0.2, 0) is 0 Å². The van der Waals surface area contributed by atoms with Crippen molar-refractivity contribution in [3.8, 4) is 0 Å². The van der Waals surface area contributed by atoms with Crippen molar-refractivity contribution in [1.29, 1.82) is 0 Å². The Morgan fingerprint density at radius 1 is 1.26 bits per heavy atom. The number of rotatable bonds is 2. The average Bonchev–Trinajstić information content (AvgIpc) is 2.38. The van der Waals surface area contributed by atoms with Crippen LogP contribution in [0.5, 0.6) is 0 Å². The van der Waals surface area contributed by atoms with Gasteiger partial charge in [-0.25, -0.2) is 8.78 Å². The molecule has 19 heavy (non-hydrogen) atoms. The maximum Gasteiger partial charge on any atom is 0.259 e. The van der Waals surface area contributed by atoms with Gasteiger partial charge in [-0.1, -0.05) is 18.9 Å². The highest BCUT2D eigenvalue weighted by molar-refractivity contribution is 5.94. The molecule has 2 atom stereocenters. The smallest absolute Gasteiger partial charge is 0.259 e. The summed E-state index contributed by atoms with van der Waals surface area (Å²) < 4.78 is 27.2. The van der Waals surface area contributed by atoms with Gasteiger partial charge in [0.1, 0.15) is 17.2 Å². The monoisotopic (exact) mass is 268 g/mol. The van der Waals surface area contributed by atoms with Crippen molar-refractivity contribution in [1.82, 2.24) is 4.90 Å². The zero-order valence-electron chi connectivity index (χ0n) is 10.9. The number of hydrogen-bond acceptors (Lipinski definition) is 2. The number of carbonyl (C=O) groups is 1. The number of hydrogen-bond donors (Lipinski definition) is 1. The molecule has 0 aliphatic heterocycles. The van der Waals surface area contributed by atoms with E-state index in [-0.39, 0.29) is 12.1 Å². The number of likely N-dealkylation sites (N-methyl/N-ethyl adjacent to an activating group) is 1. The molecule has 1 aliphatic carbocycles. The highest BCUT2D eigenvalue weighted by atomic mass is 19.1. The molecule has 1 saturated carbocycles. The summed E-state index contributed by atoms with van der Waals surface area (Å²) in [6.45, 7) is 0. The number of nitrogens with two attached hydrogens (primary N) is 1. The van der Waals surface area contributed by atoms with Crippen LogP contribution in [0.1, 0.15) is 36.0 Å². The first kappa shape index (κ1) is 13.9. The third kappa shape index (κ3) is 2.76. The molecular formula is C14H18F2N2O. The van der Waals surface area contributed by atoms with Crippen molar-refractivity contribution in [3.05, 3.63) is 35.4 Å². The lowest BCUT2D eigenvalue weighted by molar-refractivity contribution is 0.0662. The Balaban J connectivity index is 2.23. The normalized spacial score (nSPS) is 23.2. The van der Waals surface area contributed by atoms with E-state index in [9.17, 15) is 13.6 Å². The summed E-state index contributed by atoms with van der Waals surface area (Å²) in [5.74, 6) is -2.31. The minimum Gasteiger partial charge on any atom is -0.337 e. The second-order valence-electron chi connectivity index (χ2n) is 5.03. The molecule has 0 radical (unpaired) electrons. The molecule has 1 aromatic carbocycles. The Bertz CT molecular complexity index is 458. The lowest BCUT2D eigenvalue weighted by Crippen LogP contribution is -2.50. The zero-order chi connectivity index (χ0) is 14.0. The number of benzene rings is 1. The molecule has 3 nitrogen and oxygen atoms in total. The predicted octanol–water partition coefficient (Wildman–Crippen LogP) is 2.31. The first-order valence-corrected chi connectivity index (χ1v) is 6.49. The Hall–Kier alpha value is -1.49. The molecule has 1 fully saturated rings. The fraction of sp³-hybridized carbons (Fsp3) is 0.500.